The van der Waals surface area contributed by atoms with Crippen LogP contribution in [-0.2, 0) is 16.5 Å². The molecule has 1 aromatic heterocycles. The zero-order valence-corrected chi connectivity index (χ0v) is 9.97. The molecule has 0 saturated carbocycles. The molecule has 1 aliphatic heterocycles. The first-order chi connectivity index (χ1) is 7.35. The molecular weight excluding hydrogens is 235 g/mol. The van der Waals surface area contributed by atoms with Gasteiger partial charge in [-0.05, 0) is 25.3 Å². The summed E-state index contributed by atoms with van der Waals surface area (Å²) in [5, 5.41) is 4.40. The third-order valence-corrected chi connectivity index (χ3v) is 3.11. The molecule has 0 amide bonds. The monoisotopic (exact) mass is 248 g/mol. The Morgan fingerprint density at radius 3 is 2.87 bits per heavy atom. The summed E-state index contributed by atoms with van der Waals surface area (Å²) in [6.07, 6.45) is 3.37. The van der Waals surface area contributed by atoms with Crippen LogP contribution < -0.4 is 0 Å². The summed E-state index contributed by atoms with van der Waals surface area (Å²) >= 11 is 11.6. The van der Waals surface area contributed by atoms with Gasteiger partial charge in [0.2, 0.25) is 0 Å². The number of hydrogen-bond acceptors (Lipinski definition) is 2. The molecule has 1 aromatic rings. The molecular formula is C10H14Cl2N2O. The number of rotatable bonds is 3. The highest BCUT2D eigenvalue weighted by molar-refractivity contribution is 6.17. The number of halogens is 2. The summed E-state index contributed by atoms with van der Waals surface area (Å²) in [4.78, 5) is 0. The van der Waals surface area contributed by atoms with Crippen LogP contribution in [0.3, 0.4) is 0 Å². The molecule has 1 fully saturated rings. The number of aromatic nitrogens is 2. The standard InChI is InChI=1S/C10H14Cl2N2O/c11-6-8-5-9(7-12)14(13-8)10-3-1-2-4-15-10/h5,10H,1-4,6-7H2/t10-/m1/s1. The average Bonchev–Trinajstić information content (AvgIpc) is 2.73. The SMILES string of the molecule is ClCc1cc(CCl)n([C@H]2CCCCO2)n1. The van der Waals surface area contributed by atoms with Gasteiger partial charge >= 0.3 is 0 Å². The Morgan fingerprint density at radius 2 is 2.27 bits per heavy atom. The molecule has 1 atom stereocenters. The lowest BCUT2D eigenvalue weighted by atomic mass is 10.2. The van der Waals surface area contributed by atoms with Crippen molar-refractivity contribution in [1.82, 2.24) is 9.78 Å². The Labute approximate surface area is 99.3 Å². The van der Waals surface area contributed by atoms with Crippen molar-refractivity contribution in [3.63, 3.8) is 0 Å². The Balaban J connectivity index is 2.20. The summed E-state index contributed by atoms with van der Waals surface area (Å²) in [6.45, 7) is 0.808. The van der Waals surface area contributed by atoms with Crippen molar-refractivity contribution in [3.8, 4) is 0 Å². The Morgan fingerprint density at radius 1 is 1.40 bits per heavy atom. The van der Waals surface area contributed by atoms with Crippen LogP contribution in [0, 0.1) is 0 Å². The van der Waals surface area contributed by atoms with Crippen LogP contribution in [0.5, 0.6) is 0 Å². The maximum atomic E-state index is 5.86. The number of ether oxygens (including phenoxy) is 1. The lowest BCUT2D eigenvalue weighted by molar-refractivity contribution is -0.0409. The Bertz CT molecular complexity index is 321. The van der Waals surface area contributed by atoms with E-state index in [0.717, 1.165) is 30.8 Å². The molecule has 15 heavy (non-hydrogen) atoms. The minimum absolute atomic E-state index is 0.0458. The third kappa shape index (κ3) is 2.47. The fourth-order valence-electron chi connectivity index (χ4n) is 1.82. The van der Waals surface area contributed by atoms with Crippen molar-refractivity contribution in [2.75, 3.05) is 6.61 Å². The number of nitrogens with zero attached hydrogens (tertiary/aromatic N) is 2. The van der Waals surface area contributed by atoms with E-state index in [4.69, 9.17) is 27.9 Å². The molecule has 2 rings (SSSR count). The van der Waals surface area contributed by atoms with Gasteiger partial charge in [0.25, 0.3) is 0 Å². The van der Waals surface area contributed by atoms with E-state index in [1.54, 1.807) is 0 Å². The summed E-state index contributed by atoms with van der Waals surface area (Å²) in [6, 6.07) is 1.94. The zero-order valence-electron chi connectivity index (χ0n) is 8.46. The van der Waals surface area contributed by atoms with Gasteiger partial charge in [-0.2, -0.15) is 5.10 Å². The molecule has 0 bridgehead atoms. The molecule has 0 aliphatic carbocycles. The molecule has 0 radical (unpaired) electrons. The second kappa shape index (κ2) is 5.19. The second-order valence-corrected chi connectivity index (χ2v) is 4.19. The van der Waals surface area contributed by atoms with Gasteiger partial charge in [-0.15, -0.1) is 23.2 Å². The molecule has 0 spiro atoms. The molecule has 0 aromatic carbocycles. The molecule has 84 valence electrons. The van der Waals surface area contributed by atoms with E-state index in [9.17, 15) is 0 Å². The highest BCUT2D eigenvalue weighted by atomic mass is 35.5. The normalized spacial score (nSPS) is 21.9. The van der Waals surface area contributed by atoms with Crippen LogP contribution in [0.1, 0.15) is 36.9 Å². The highest BCUT2D eigenvalue weighted by Gasteiger charge is 2.19. The maximum Gasteiger partial charge on any atom is 0.150 e. The molecule has 2 heterocycles. The summed E-state index contributed by atoms with van der Waals surface area (Å²) in [5.74, 6) is 0.868. The lowest BCUT2D eigenvalue weighted by Gasteiger charge is -2.24. The Hall–Kier alpha value is -0.250. The fourth-order valence-corrected chi connectivity index (χ4v) is 2.15. The van der Waals surface area contributed by atoms with E-state index >= 15 is 0 Å². The topological polar surface area (TPSA) is 27.1 Å². The van der Waals surface area contributed by atoms with Crippen LogP contribution in [0.25, 0.3) is 0 Å². The first kappa shape index (κ1) is 11.2. The maximum absolute atomic E-state index is 5.86. The Kier molecular flexibility index (Phi) is 3.89. The van der Waals surface area contributed by atoms with Crippen LogP contribution in [-0.4, -0.2) is 16.4 Å². The minimum atomic E-state index is 0.0458. The zero-order chi connectivity index (χ0) is 10.7. The van der Waals surface area contributed by atoms with Crippen molar-refractivity contribution < 1.29 is 4.74 Å². The molecule has 1 saturated heterocycles. The van der Waals surface area contributed by atoms with Crippen LogP contribution >= 0.6 is 23.2 Å². The molecule has 0 unspecified atom stereocenters. The molecule has 0 N–H and O–H groups in total. The summed E-state index contributed by atoms with van der Waals surface area (Å²) < 4.78 is 7.54. The van der Waals surface area contributed by atoms with E-state index in [2.05, 4.69) is 5.10 Å². The van der Waals surface area contributed by atoms with Gasteiger partial charge in [-0.3, -0.25) is 0 Å². The molecule has 5 heteroatoms. The average molecular weight is 249 g/mol. The number of hydrogen-bond donors (Lipinski definition) is 0. The van der Waals surface area contributed by atoms with Crippen molar-refractivity contribution >= 4 is 23.2 Å². The largest absolute Gasteiger partial charge is 0.357 e. The van der Waals surface area contributed by atoms with Crippen molar-refractivity contribution in [1.29, 1.82) is 0 Å². The third-order valence-electron chi connectivity index (χ3n) is 2.57. The van der Waals surface area contributed by atoms with Gasteiger partial charge in [0.05, 0.1) is 23.1 Å². The van der Waals surface area contributed by atoms with Gasteiger partial charge in [0.15, 0.2) is 6.23 Å². The van der Waals surface area contributed by atoms with Crippen LogP contribution in [0.4, 0.5) is 0 Å². The van der Waals surface area contributed by atoms with Crippen molar-refractivity contribution in [2.45, 2.75) is 37.3 Å². The van der Waals surface area contributed by atoms with E-state index in [1.165, 1.54) is 6.42 Å². The predicted molar refractivity (Wildman–Crippen MR) is 60.2 cm³/mol. The number of alkyl halides is 2. The molecule has 1 aliphatic rings. The van der Waals surface area contributed by atoms with Crippen molar-refractivity contribution in [2.24, 2.45) is 0 Å². The van der Waals surface area contributed by atoms with E-state index in [1.807, 2.05) is 10.7 Å². The van der Waals surface area contributed by atoms with Gasteiger partial charge in [-0.25, -0.2) is 4.68 Å². The van der Waals surface area contributed by atoms with Gasteiger partial charge in [0.1, 0.15) is 0 Å². The van der Waals surface area contributed by atoms with Gasteiger partial charge in [-0.1, -0.05) is 0 Å². The van der Waals surface area contributed by atoms with Gasteiger partial charge < -0.3 is 4.74 Å². The minimum Gasteiger partial charge on any atom is -0.357 e. The smallest absolute Gasteiger partial charge is 0.150 e. The van der Waals surface area contributed by atoms with E-state index in [-0.39, 0.29) is 6.23 Å². The highest BCUT2D eigenvalue weighted by Crippen LogP contribution is 2.24. The van der Waals surface area contributed by atoms with Crippen LogP contribution in [0.15, 0.2) is 6.07 Å². The van der Waals surface area contributed by atoms with E-state index < -0.39 is 0 Å². The van der Waals surface area contributed by atoms with Crippen molar-refractivity contribution in [3.05, 3.63) is 17.5 Å². The lowest BCUT2D eigenvalue weighted by Crippen LogP contribution is -2.20. The van der Waals surface area contributed by atoms with E-state index in [0.29, 0.717) is 11.8 Å². The predicted octanol–water partition coefficient (Wildman–Crippen LogP) is 3.06. The second-order valence-electron chi connectivity index (χ2n) is 3.66. The first-order valence-electron chi connectivity index (χ1n) is 5.16. The quantitative estimate of drug-likeness (QED) is 0.770. The van der Waals surface area contributed by atoms with Gasteiger partial charge in [0, 0.05) is 6.61 Å². The fraction of sp³-hybridized carbons (Fsp3) is 0.700. The van der Waals surface area contributed by atoms with Crippen LogP contribution in [0.2, 0.25) is 0 Å². The summed E-state index contributed by atoms with van der Waals surface area (Å²) in [7, 11) is 0. The molecule has 3 nitrogen and oxygen atoms in total. The first-order valence-corrected chi connectivity index (χ1v) is 6.23. The summed E-state index contributed by atoms with van der Waals surface area (Å²) in [5.41, 5.74) is 1.85.